The number of imidazole rings is 1. The number of sulfonamides is 1. The second-order valence-corrected chi connectivity index (χ2v) is 10.7. The van der Waals surface area contributed by atoms with Crippen LogP contribution in [-0.4, -0.2) is 58.2 Å². The maximum Gasteiger partial charge on any atom is 0.244 e. The number of benzene rings is 2. The number of rotatable bonds is 4. The maximum atomic E-state index is 13.9. The minimum atomic E-state index is -3.97. The van der Waals surface area contributed by atoms with E-state index in [2.05, 4.69) is 25.9 Å². The van der Waals surface area contributed by atoms with Crippen molar-refractivity contribution in [1.29, 1.82) is 0 Å². The fraction of sp³-hybridized carbons (Fsp3) is 0.286. The molecule has 0 amide bonds. The van der Waals surface area contributed by atoms with Gasteiger partial charge in [0, 0.05) is 30.4 Å². The number of aliphatic hydroxyl groups excluding tert-OH is 2. The van der Waals surface area contributed by atoms with Crippen molar-refractivity contribution < 1.29 is 23.0 Å². The van der Waals surface area contributed by atoms with Crippen molar-refractivity contribution in [3.05, 3.63) is 57.9 Å². The highest BCUT2D eigenvalue weighted by atomic mass is 79.9. The second-order valence-electron chi connectivity index (χ2n) is 7.52. The van der Waals surface area contributed by atoms with Gasteiger partial charge >= 0.3 is 0 Å². The van der Waals surface area contributed by atoms with Crippen LogP contribution in [0, 0.1) is 5.82 Å². The number of aromatic amines is 1. The van der Waals surface area contributed by atoms with Gasteiger partial charge in [-0.2, -0.15) is 4.31 Å². The molecule has 4 rings (SSSR count). The Kier molecular flexibility index (Phi) is 6.71. The van der Waals surface area contributed by atoms with Crippen LogP contribution in [-0.2, 0) is 10.0 Å². The molecule has 11 heteroatoms. The minimum Gasteiger partial charge on any atom is -0.390 e. The van der Waals surface area contributed by atoms with Crippen LogP contribution in [0.3, 0.4) is 0 Å². The Morgan fingerprint density at radius 2 is 1.75 bits per heavy atom. The van der Waals surface area contributed by atoms with Crippen LogP contribution < -0.4 is 0 Å². The highest BCUT2D eigenvalue weighted by Gasteiger charge is 2.32. The summed E-state index contributed by atoms with van der Waals surface area (Å²) in [7, 11) is -3.97. The Morgan fingerprint density at radius 3 is 2.41 bits per heavy atom. The molecule has 2 heterocycles. The first-order valence-corrected chi connectivity index (χ1v) is 12.4. The van der Waals surface area contributed by atoms with E-state index in [1.54, 1.807) is 24.4 Å². The molecule has 7 nitrogen and oxygen atoms in total. The van der Waals surface area contributed by atoms with E-state index in [1.807, 2.05) is 0 Å². The molecule has 0 bridgehead atoms. The van der Waals surface area contributed by atoms with Crippen molar-refractivity contribution >= 4 is 37.6 Å². The van der Waals surface area contributed by atoms with E-state index < -0.39 is 28.0 Å². The van der Waals surface area contributed by atoms with Crippen LogP contribution in [0.1, 0.15) is 12.8 Å². The predicted molar refractivity (Wildman–Crippen MR) is 122 cm³/mol. The van der Waals surface area contributed by atoms with Crippen molar-refractivity contribution in [3.8, 4) is 22.6 Å². The van der Waals surface area contributed by atoms with Gasteiger partial charge in [0.25, 0.3) is 0 Å². The number of nitrogens with one attached hydrogen (secondary N) is 1. The standard InChI is InChI=1S/C21H20BrClFN3O4S/c22-14-3-1-12(9-16(14)24)17-11-25-21(26-17)13-2-4-15(23)20(10-13)32(30,31)27-7-5-18(28)19(29)6-8-27/h1-4,9-11,18-19,28-29H,5-8H2,(H,25,26)/t18-,19-/m1/s1. The minimum absolute atomic E-state index is 0.0563. The summed E-state index contributed by atoms with van der Waals surface area (Å²) in [5, 5.41) is 19.8. The molecular weight excluding hydrogens is 525 g/mol. The van der Waals surface area contributed by atoms with Gasteiger partial charge in [-0.1, -0.05) is 17.7 Å². The van der Waals surface area contributed by atoms with Crippen LogP contribution in [0.2, 0.25) is 5.02 Å². The lowest BCUT2D eigenvalue weighted by molar-refractivity contribution is 0.0187. The van der Waals surface area contributed by atoms with Gasteiger partial charge in [-0.15, -0.1) is 0 Å². The lowest BCUT2D eigenvalue weighted by Gasteiger charge is -2.21. The molecule has 1 saturated heterocycles. The second kappa shape index (κ2) is 9.20. The first-order chi connectivity index (χ1) is 15.2. The number of halogens is 3. The highest BCUT2D eigenvalue weighted by Crippen LogP contribution is 2.32. The number of H-pyrrole nitrogens is 1. The number of aliphatic hydroxyl groups is 2. The Bertz CT molecular complexity index is 1240. The molecule has 170 valence electrons. The van der Waals surface area contributed by atoms with E-state index in [1.165, 1.54) is 22.5 Å². The predicted octanol–water partition coefficient (Wildman–Crippen LogP) is 3.81. The quantitative estimate of drug-likeness (QED) is 0.463. The monoisotopic (exact) mass is 543 g/mol. The zero-order valence-corrected chi connectivity index (χ0v) is 19.8. The average Bonchev–Trinajstić information content (AvgIpc) is 3.18. The third kappa shape index (κ3) is 4.61. The molecule has 3 aromatic rings. The third-order valence-corrected chi connectivity index (χ3v) is 8.43. The summed E-state index contributed by atoms with van der Waals surface area (Å²) in [5.74, 6) is -0.0160. The average molecular weight is 545 g/mol. The first kappa shape index (κ1) is 23.3. The van der Waals surface area contributed by atoms with Crippen molar-refractivity contribution in [2.75, 3.05) is 13.1 Å². The zero-order chi connectivity index (χ0) is 23.0. The molecule has 0 radical (unpaired) electrons. The van der Waals surface area contributed by atoms with Gasteiger partial charge in [-0.3, -0.25) is 0 Å². The van der Waals surface area contributed by atoms with Crippen molar-refractivity contribution in [2.45, 2.75) is 29.9 Å². The van der Waals surface area contributed by atoms with Crippen LogP contribution in [0.15, 0.2) is 52.0 Å². The van der Waals surface area contributed by atoms with Crippen molar-refractivity contribution in [1.82, 2.24) is 14.3 Å². The van der Waals surface area contributed by atoms with E-state index in [4.69, 9.17) is 11.6 Å². The van der Waals surface area contributed by atoms with E-state index in [9.17, 15) is 23.0 Å². The van der Waals surface area contributed by atoms with Crippen LogP contribution in [0.4, 0.5) is 4.39 Å². The summed E-state index contributed by atoms with van der Waals surface area (Å²) in [6.45, 7) is 0.141. The molecule has 0 saturated carbocycles. The Hall–Kier alpha value is -1.82. The van der Waals surface area contributed by atoms with E-state index in [0.29, 0.717) is 27.1 Å². The first-order valence-electron chi connectivity index (χ1n) is 9.84. The molecule has 32 heavy (non-hydrogen) atoms. The van der Waals surface area contributed by atoms with E-state index >= 15 is 0 Å². The topological polar surface area (TPSA) is 107 Å². The molecule has 1 aliphatic rings. The molecular formula is C21H20BrClFN3O4S. The Balaban J connectivity index is 1.66. The zero-order valence-electron chi connectivity index (χ0n) is 16.7. The molecule has 0 spiro atoms. The third-order valence-electron chi connectivity index (χ3n) is 5.41. The summed E-state index contributed by atoms with van der Waals surface area (Å²) in [4.78, 5) is 7.37. The lowest BCUT2D eigenvalue weighted by atomic mass is 10.1. The molecule has 2 aromatic carbocycles. The summed E-state index contributed by atoms with van der Waals surface area (Å²) in [5.41, 5.74) is 1.56. The van der Waals surface area contributed by atoms with Gasteiger partial charge in [0.15, 0.2) is 0 Å². The molecule has 0 aliphatic carbocycles. The number of hydrogen-bond acceptors (Lipinski definition) is 5. The Labute approximate surface area is 198 Å². The van der Waals surface area contributed by atoms with Crippen molar-refractivity contribution in [3.63, 3.8) is 0 Å². The van der Waals surface area contributed by atoms with Crippen molar-refractivity contribution in [2.24, 2.45) is 0 Å². The largest absolute Gasteiger partial charge is 0.390 e. The number of nitrogens with zero attached hydrogens (tertiary/aromatic N) is 2. The maximum absolute atomic E-state index is 13.9. The van der Waals surface area contributed by atoms with E-state index in [-0.39, 0.29) is 35.8 Å². The fourth-order valence-electron chi connectivity index (χ4n) is 3.55. The summed E-state index contributed by atoms with van der Waals surface area (Å²) < 4.78 is 41.9. The molecule has 1 fully saturated rings. The molecule has 1 aromatic heterocycles. The summed E-state index contributed by atoms with van der Waals surface area (Å²) in [6.07, 6.45) is -0.0753. The number of aromatic nitrogens is 2. The molecule has 2 atom stereocenters. The lowest BCUT2D eigenvalue weighted by Crippen LogP contribution is -2.32. The van der Waals surface area contributed by atoms with Gasteiger partial charge in [-0.25, -0.2) is 17.8 Å². The van der Waals surface area contributed by atoms with Crippen LogP contribution in [0.25, 0.3) is 22.6 Å². The van der Waals surface area contributed by atoms with Gasteiger partial charge in [-0.05, 0) is 59.1 Å². The molecule has 3 N–H and O–H groups in total. The van der Waals surface area contributed by atoms with Gasteiger partial charge in [0.05, 0.1) is 27.4 Å². The SMILES string of the molecule is O=S(=O)(c1cc(-c2nc(-c3ccc(Br)c(F)c3)c[nH]2)ccc1Cl)N1CC[C@@H](O)[C@H](O)CC1. The van der Waals surface area contributed by atoms with Gasteiger partial charge < -0.3 is 15.2 Å². The molecule has 1 aliphatic heterocycles. The van der Waals surface area contributed by atoms with Gasteiger partial charge in [0.1, 0.15) is 16.5 Å². The number of hydrogen-bond donors (Lipinski definition) is 3. The van der Waals surface area contributed by atoms with E-state index in [0.717, 1.165) is 0 Å². The smallest absolute Gasteiger partial charge is 0.244 e. The van der Waals surface area contributed by atoms with Crippen LogP contribution >= 0.6 is 27.5 Å². The molecule has 0 unspecified atom stereocenters. The fourth-order valence-corrected chi connectivity index (χ4v) is 5.77. The Morgan fingerprint density at radius 1 is 1.09 bits per heavy atom. The summed E-state index contributed by atoms with van der Waals surface area (Å²) >= 11 is 9.35. The van der Waals surface area contributed by atoms with Crippen LogP contribution in [0.5, 0.6) is 0 Å². The normalized spacial score (nSPS) is 20.3. The highest BCUT2D eigenvalue weighted by molar-refractivity contribution is 9.10. The van der Waals surface area contributed by atoms with Gasteiger partial charge in [0.2, 0.25) is 10.0 Å². The summed E-state index contributed by atoms with van der Waals surface area (Å²) in [6, 6.07) is 9.20.